The predicted molar refractivity (Wildman–Crippen MR) is 183 cm³/mol. The van der Waals surface area contributed by atoms with Crippen molar-refractivity contribution in [1.29, 1.82) is 0 Å². The molecular weight excluding hydrogens is 600 g/mol. The van der Waals surface area contributed by atoms with Gasteiger partial charge in [0.05, 0.1) is 29.1 Å². The number of nitrogens with zero attached hydrogens (tertiary/aromatic N) is 5. The Labute approximate surface area is 272 Å². The van der Waals surface area contributed by atoms with Crippen LogP contribution >= 0.6 is 0 Å². The molecule has 3 aromatic rings. The highest BCUT2D eigenvalue weighted by Gasteiger charge is 2.41. The Kier molecular flexibility index (Phi) is 8.71. The molecule has 0 fully saturated rings. The number of aryl methyl sites for hydroxylation is 1. The van der Waals surface area contributed by atoms with Crippen LogP contribution in [0.3, 0.4) is 0 Å². The molecule has 2 amide bonds. The van der Waals surface area contributed by atoms with Crippen LogP contribution in [0.2, 0.25) is 18.1 Å². The Hall–Kier alpha value is -4.32. The minimum absolute atomic E-state index is 0.0505. The molecule has 2 aliphatic rings. The summed E-state index contributed by atoms with van der Waals surface area (Å²) in [5, 5.41) is 8.51. The van der Waals surface area contributed by atoms with Crippen LogP contribution in [-0.2, 0) is 16.2 Å². The SMILES string of the molecule is C[C@H]1C(O[Si](C)(C)C(C)(C)C)=CC=CN1c1cc2cnn(C)c2cc1NC(=O)c1coc(C2=CCN(C(=O)OC(C)(C)C)CC2)n1. The van der Waals surface area contributed by atoms with E-state index in [0.29, 0.717) is 31.1 Å². The molecule has 246 valence electrons. The number of aromatic nitrogens is 3. The normalized spacial score (nSPS) is 17.6. The molecule has 5 rings (SSSR count). The van der Waals surface area contributed by atoms with E-state index >= 15 is 0 Å². The van der Waals surface area contributed by atoms with Crippen molar-refractivity contribution < 1.29 is 23.2 Å². The van der Waals surface area contributed by atoms with Crippen molar-refractivity contribution >= 4 is 48.2 Å². The number of fused-ring (bicyclic) bond motifs is 1. The first-order valence-corrected chi connectivity index (χ1v) is 18.6. The van der Waals surface area contributed by atoms with Gasteiger partial charge in [-0.1, -0.05) is 26.8 Å². The second-order valence-corrected chi connectivity index (χ2v) is 19.2. The molecule has 1 N–H and O–H groups in total. The number of ether oxygens (including phenoxy) is 1. The molecule has 2 aromatic heterocycles. The van der Waals surface area contributed by atoms with Crippen molar-refractivity contribution in [3.63, 3.8) is 0 Å². The van der Waals surface area contributed by atoms with E-state index in [0.717, 1.165) is 27.9 Å². The Morgan fingerprint density at radius 1 is 1.13 bits per heavy atom. The van der Waals surface area contributed by atoms with Gasteiger partial charge in [-0.3, -0.25) is 9.48 Å². The van der Waals surface area contributed by atoms with Gasteiger partial charge in [0.15, 0.2) is 5.69 Å². The van der Waals surface area contributed by atoms with Crippen LogP contribution in [0.4, 0.5) is 16.2 Å². The second kappa shape index (κ2) is 12.1. The molecule has 11 nitrogen and oxygen atoms in total. The number of carbonyl (C=O) groups excluding carboxylic acids is 2. The second-order valence-electron chi connectivity index (χ2n) is 14.5. The molecule has 46 heavy (non-hydrogen) atoms. The van der Waals surface area contributed by atoms with Gasteiger partial charge in [-0.2, -0.15) is 5.10 Å². The quantitative estimate of drug-likeness (QED) is 0.275. The van der Waals surface area contributed by atoms with E-state index in [1.807, 2.05) is 70.6 Å². The number of hydrogen-bond donors (Lipinski definition) is 1. The maximum Gasteiger partial charge on any atom is 0.410 e. The van der Waals surface area contributed by atoms with Crippen molar-refractivity contribution in [3.8, 4) is 0 Å². The number of nitrogens with one attached hydrogen (secondary N) is 1. The fraction of sp³-hybridized carbons (Fsp3) is 0.471. The number of anilines is 2. The van der Waals surface area contributed by atoms with Gasteiger partial charge in [0, 0.05) is 37.3 Å². The summed E-state index contributed by atoms with van der Waals surface area (Å²) in [5.41, 5.74) is 2.73. The smallest absolute Gasteiger partial charge is 0.410 e. The maximum atomic E-state index is 13.6. The highest BCUT2D eigenvalue weighted by atomic mass is 28.4. The van der Waals surface area contributed by atoms with Gasteiger partial charge in [-0.15, -0.1) is 0 Å². The lowest BCUT2D eigenvalue weighted by atomic mass is 10.1. The van der Waals surface area contributed by atoms with Crippen LogP contribution in [-0.4, -0.2) is 64.7 Å². The fourth-order valence-electron chi connectivity index (χ4n) is 5.06. The predicted octanol–water partition coefficient (Wildman–Crippen LogP) is 7.47. The molecule has 0 unspecified atom stereocenters. The summed E-state index contributed by atoms with van der Waals surface area (Å²) in [4.78, 5) is 34.3. The minimum atomic E-state index is -2.08. The molecule has 0 saturated carbocycles. The third-order valence-corrected chi connectivity index (χ3v) is 13.1. The van der Waals surface area contributed by atoms with Crippen LogP contribution in [0.1, 0.15) is 71.3 Å². The highest BCUT2D eigenvalue weighted by molar-refractivity contribution is 6.74. The zero-order valence-corrected chi connectivity index (χ0v) is 29.6. The first-order valence-electron chi connectivity index (χ1n) is 15.7. The standard InChI is InChI=1S/C34H46N6O5Si/c1-22-29(45-46(9,10)34(5,6)7)12-11-15-40(22)28-18-24-20-35-38(8)27(24)19-25(28)36-30(41)26-21-43-31(37-26)23-13-16-39(17-14-23)32(42)44-33(2,3)4/h11-13,15,18-22H,14,16-17H2,1-10H3,(H,36,41)/t22-/m0/s1. The Morgan fingerprint density at radius 2 is 1.87 bits per heavy atom. The highest BCUT2D eigenvalue weighted by Crippen LogP contribution is 2.41. The molecule has 1 aromatic carbocycles. The number of hydrogen-bond acceptors (Lipinski definition) is 8. The van der Waals surface area contributed by atoms with E-state index in [9.17, 15) is 9.59 Å². The number of benzene rings is 1. The zero-order chi connectivity index (χ0) is 33.6. The molecule has 2 aliphatic heterocycles. The van der Waals surface area contributed by atoms with Crippen LogP contribution in [0.5, 0.6) is 0 Å². The fourth-order valence-corrected chi connectivity index (χ4v) is 6.19. The third-order valence-electron chi connectivity index (χ3n) is 8.78. The van der Waals surface area contributed by atoms with Gasteiger partial charge in [0.25, 0.3) is 5.91 Å². The molecule has 1 atom stereocenters. The lowest BCUT2D eigenvalue weighted by Gasteiger charge is -2.41. The average molecular weight is 647 g/mol. The first kappa shape index (κ1) is 33.1. The molecular formula is C34H46N6O5Si. The van der Waals surface area contributed by atoms with Gasteiger partial charge < -0.3 is 28.7 Å². The summed E-state index contributed by atoms with van der Waals surface area (Å²) in [6, 6.07) is 3.85. The van der Waals surface area contributed by atoms with Crippen LogP contribution in [0.15, 0.2) is 59.2 Å². The molecule has 0 spiro atoms. The Bertz CT molecular complexity index is 1740. The van der Waals surface area contributed by atoms with Crippen molar-refractivity contribution in [2.75, 3.05) is 23.3 Å². The average Bonchev–Trinajstić information content (AvgIpc) is 3.60. The number of oxazole rings is 1. The summed E-state index contributed by atoms with van der Waals surface area (Å²) < 4.78 is 19.7. The largest absolute Gasteiger partial charge is 0.545 e. The van der Waals surface area contributed by atoms with Crippen molar-refractivity contribution in [1.82, 2.24) is 19.7 Å². The number of carbonyl (C=O) groups is 2. The van der Waals surface area contributed by atoms with E-state index in [1.54, 1.807) is 9.58 Å². The summed E-state index contributed by atoms with van der Waals surface area (Å²) in [5.74, 6) is 0.859. The topological polar surface area (TPSA) is 115 Å². The zero-order valence-electron chi connectivity index (χ0n) is 28.6. The van der Waals surface area contributed by atoms with E-state index in [1.165, 1.54) is 6.26 Å². The number of amides is 2. The molecule has 0 aliphatic carbocycles. The van der Waals surface area contributed by atoms with Crippen molar-refractivity contribution in [2.24, 2.45) is 7.05 Å². The summed E-state index contributed by atoms with van der Waals surface area (Å²) >= 11 is 0. The van der Waals surface area contributed by atoms with E-state index in [2.05, 4.69) is 61.1 Å². The number of allylic oxidation sites excluding steroid dienone is 2. The maximum absolute atomic E-state index is 13.6. The van der Waals surface area contributed by atoms with Gasteiger partial charge in [0.2, 0.25) is 14.2 Å². The van der Waals surface area contributed by atoms with Crippen LogP contribution in [0, 0.1) is 0 Å². The van der Waals surface area contributed by atoms with Gasteiger partial charge in [0.1, 0.15) is 17.6 Å². The van der Waals surface area contributed by atoms with Gasteiger partial charge in [-0.25, -0.2) is 9.78 Å². The third kappa shape index (κ3) is 6.91. The molecule has 0 radical (unpaired) electrons. The van der Waals surface area contributed by atoms with Gasteiger partial charge in [-0.05, 0) is 76.5 Å². The first-order chi connectivity index (χ1) is 21.4. The van der Waals surface area contributed by atoms with E-state index in [-0.39, 0.29) is 22.9 Å². The Balaban J connectivity index is 1.37. The number of rotatable bonds is 6. The summed E-state index contributed by atoms with van der Waals surface area (Å²) in [7, 11) is -0.209. The monoisotopic (exact) mass is 646 g/mol. The molecule has 4 heterocycles. The van der Waals surface area contributed by atoms with E-state index < -0.39 is 19.8 Å². The lowest BCUT2D eigenvalue weighted by molar-refractivity contribution is 0.0270. The summed E-state index contributed by atoms with van der Waals surface area (Å²) in [6.45, 7) is 19.6. The van der Waals surface area contributed by atoms with Crippen LogP contribution in [0.25, 0.3) is 16.5 Å². The molecule has 0 saturated heterocycles. The molecule has 0 bridgehead atoms. The lowest BCUT2D eigenvalue weighted by Crippen LogP contribution is -2.44. The molecule has 12 heteroatoms. The van der Waals surface area contributed by atoms with Crippen molar-refractivity contribution in [2.45, 2.75) is 84.7 Å². The van der Waals surface area contributed by atoms with E-state index in [4.69, 9.17) is 13.6 Å². The minimum Gasteiger partial charge on any atom is -0.545 e. The Morgan fingerprint density at radius 3 is 2.52 bits per heavy atom. The summed E-state index contributed by atoms with van der Waals surface area (Å²) in [6.07, 6.45) is 11.3. The van der Waals surface area contributed by atoms with Crippen LogP contribution < -0.4 is 10.2 Å². The van der Waals surface area contributed by atoms with Crippen molar-refractivity contribution in [3.05, 3.63) is 66.4 Å². The van der Waals surface area contributed by atoms with Gasteiger partial charge >= 0.3 is 6.09 Å².